The molecule has 2 rings (SSSR count). The Bertz CT molecular complexity index is 439. The summed E-state index contributed by atoms with van der Waals surface area (Å²) >= 11 is 1.73. The largest absolute Gasteiger partial charge is 0.373 e. The second-order valence-corrected chi connectivity index (χ2v) is 4.42. The molecule has 1 N–H and O–H groups in total. The standard InChI is InChI=1S/C12H15N3S/c1-13-12-7-11(3-5-14-12)15(2)8-10-4-6-16-9-10/h3-7,9H,8H2,1-2H3,(H,13,14). The van der Waals surface area contributed by atoms with E-state index in [2.05, 4.69) is 39.1 Å². The molecule has 2 aromatic rings. The van der Waals surface area contributed by atoms with Gasteiger partial charge in [0.05, 0.1) is 0 Å². The average Bonchev–Trinajstić information content (AvgIpc) is 2.82. The van der Waals surface area contributed by atoms with Crippen molar-refractivity contribution in [3.8, 4) is 0 Å². The fourth-order valence-electron chi connectivity index (χ4n) is 1.54. The van der Waals surface area contributed by atoms with Gasteiger partial charge in [-0.1, -0.05) is 0 Å². The molecule has 0 bridgehead atoms. The van der Waals surface area contributed by atoms with E-state index in [0.717, 1.165) is 12.4 Å². The molecule has 16 heavy (non-hydrogen) atoms. The van der Waals surface area contributed by atoms with Crippen LogP contribution in [0.5, 0.6) is 0 Å². The SMILES string of the molecule is CNc1cc(N(C)Cc2ccsc2)ccn1. The molecule has 0 amide bonds. The Morgan fingerprint density at radius 2 is 2.31 bits per heavy atom. The molecule has 0 aliphatic heterocycles. The summed E-state index contributed by atoms with van der Waals surface area (Å²) < 4.78 is 0. The van der Waals surface area contributed by atoms with Gasteiger partial charge in [0.15, 0.2) is 0 Å². The fourth-order valence-corrected chi connectivity index (χ4v) is 2.20. The van der Waals surface area contributed by atoms with Crippen LogP contribution in [0.3, 0.4) is 0 Å². The van der Waals surface area contributed by atoms with Crippen molar-refractivity contribution in [2.75, 3.05) is 24.3 Å². The molecule has 2 aromatic heterocycles. The Morgan fingerprint density at radius 3 is 3.00 bits per heavy atom. The number of pyridine rings is 1. The van der Waals surface area contributed by atoms with E-state index in [1.807, 2.05) is 25.4 Å². The molecule has 3 nitrogen and oxygen atoms in total. The minimum Gasteiger partial charge on any atom is -0.373 e. The van der Waals surface area contributed by atoms with Gasteiger partial charge in [0.25, 0.3) is 0 Å². The van der Waals surface area contributed by atoms with E-state index in [0.29, 0.717) is 0 Å². The third-order valence-electron chi connectivity index (χ3n) is 2.44. The Balaban J connectivity index is 2.11. The Labute approximate surface area is 99.8 Å². The topological polar surface area (TPSA) is 28.2 Å². The van der Waals surface area contributed by atoms with Gasteiger partial charge in [-0.2, -0.15) is 11.3 Å². The van der Waals surface area contributed by atoms with Crippen molar-refractivity contribution >= 4 is 22.8 Å². The minimum absolute atomic E-state index is 0.898. The molecule has 0 aliphatic rings. The van der Waals surface area contributed by atoms with Crippen LogP contribution in [0.4, 0.5) is 11.5 Å². The van der Waals surface area contributed by atoms with Crippen molar-refractivity contribution in [1.29, 1.82) is 0 Å². The number of nitrogens with zero attached hydrogens (tertiary/aromatic N) is 2. The first kappa shape index (κ1) is 11.0. The van der Waals surface area contributed by atoms with Crippen LogP contribution in [-0.4, -0.2) is 19.1 Å². The monoisotopic (exact) mass is 233 g/mol. The third-order valence-corrected chi connectivity index (χ3v) is 3.17. The van der Waals surface area contributed by atoms with Gasteiger partial charge in [-0.05, 0) is 28.5 Å². The molecular formula is C12H15N3S. The van der Waals surface area contributed by atoms with Crippen LogP contribution < -0.4 is 10.2 Å². The highest BCUT2D eigenvalue weighted by atomic mass is 32.1. The number of rotatable bonds is 4. The van der Waals surface area contributed by atoms with Gasteiger partial charge >= 0.3 is 0 Å². The molecule has 0 atom stereocenters. The number of thiophene rings is 1. The van der Waals surface area contributed by atoms with Crippen LogP contribution in [0.15, 0.2) is 35.2 Å². The summed E-state index contributed by atoms with van der Waals surface area (Å²) in [6.45, 7) is 0.927. The number of hydrogen-bond acceptors (Lipinski definition) is 4. The number of anilines is 2. The normalized spacial score (nSPS) is 10.1. The van der Waals surface area contributed by atoms with Gasteiger partial charge in [0, 0.05) is 38.6 Å². The van der Waals surface area contributed by atoms with Gasteiger partial charge < -0.3 is 10.2 Å². The molecular weight excluding hydrogens is 218 g/mol. The van der Waals surface area contributed by atoms with Crippen molar-refractivity contribution in [3.63, 3.8) is 0 Å². The van der Waals surface area contributed by atoms with E-state index in [4.69, 9.17) is 0 Å². The van der Waals surface area contributed by atoms with Crippen LogP contribution >= 0.6 is 11.3 Å². The third kappa shape index (κ3) is 2.52. The highest BCUT2D eigenvalue weighted by molar-refractivity contribution is 7.07. The predicted octanol–water partition coefficient (Wildman–Crippen LogP) is 2.82. The van der Waals surface area contributed by atoms with Crippen LogP contribution in [0, 0.1) is 0 Å². The van der Waals surface area contributed by atoms with Gasteiger partial charge in [0.2, 0.25) is 0 Å². The molecule has 0 radical (unpaired) electrons. The smallest absolute Gasteiger partial charge is 0.127 e. The summed E-state index contributed by atoms with van der Waals surface area (Å²) in [5.74, 6) is 0.898. The molecule has 0 fully saturated rings. The van der Waals surface area contributed by atoms with E-state index < -0.39 is 0 Å². The zero-order valence-corrected chi connectivity index (χ0v) is 10.3. The van der Waals surface area contributed by atoms with E-state index in [1.165, 1.54) is 11.3 Å². The maximum Gasteiger partial charge on any atom is 0.127 e. The Hall–Kier alpha value is -1.55. The zero-order valence-electron chi connectivity index (χ0n) is 9.47. The first-order valence-electron chi connectivity index (χ1n) is 5.15. The molecule has 4 heteroatoms. The first-order chi connectivity index (χ1) is 7.79. The average molecular weight is 233 g/mol. The number of hydrogen-bond donors (Lipinski definition) is 1. The van der Waals surface area contributed by atoms with Crippen LogP contribution in [0.25, 0.3) is 0 Å². The highest BCUT2D eigenvalue weighted by Gasteiger charge is 2.03. The Morgan fingerprint density at radius 1 is 1.44 bits per heavy atom. The summed E-state index contributed by atoms with van der Waals surface area (Å²) in [4.78, 5) is 6.41. The van der Waals surface area contributed by atoms with Gasteiger partial charge in [0.1, 0.15) is 5.82 Å². The molecule has 0 spiro atoms. The van der Waals surface area contributed by atoms with Crippen LogP contribution in [0.1, 0.15) is 5.56 Å². The van der Waals surface area contributed by atoms with Crippen molar-refractivity contribution in [3.05, 3.63) is 40.7 Å². The summed E-state index contributed by atoms with van der Waals surface area (Å²) in [6.07, 6.45) is 1.82. The van der Waals surface area contributed by atoms with Gasteiger partial charge in [-0.15, -0.1) is 0 Å². The molecule has 84 valence electrons. The lowest BCUT2D eigenvalue weighted by Crippen LogP contribution is -2.16. The lowest BCUT2D eigenvalue weighted by molar-refractivity contribution is 0.925. The van der Waals surface area contributed by atoms with E-state index in [-0.39, 0.29) is 0 Å². The lowest BCUT2D eigenvalue weighted by Gasteiger charge is -2.19. The van der Waals surface area contributed by atoms with E-state index in [1.54, 1.807) is 11.3 Å². The summed E-state index contributed by atoms with van der Waals surface area (Å²) in [5.41, 5.74) is 2.51. The predicted molar refractivity (Wildman–Crippen MR) is 70.2 cm³/mol. The second-order valence-electron chi connectivity index (χ2n) is 3.64. The summed E-state index contributed by atoms with van der Waals surface area (Å²) in [7, 11) is 3.97. The lowest BCUT2D eigenvalue weighted by atomic mass is 10.3. The van der Waals surface area contributed by atoms with E-state index >= 15 is 0 Å². The molecule has 2 heterocycles. The zero-order chi connectivity index (χ0) is 11.4. The maximum absolute atomic E-state index is 4.20. The first-order valence-corrected chi connectivity index (χ1v) is 6.10. The second kappa shape index (κ2) is 4.99. The molecule has 0 saturated carbocycles. The van der Waals surface area contributed by atoms with Crippen molar-refractivity contribution in [2.24, 2.45) is 0 Å². The minimum atomic E-state index is 0.898. The number of nitrogens with one attached hydrogen (secondary N) is 1. The van der Waals surface area contributed by atoms with Crippen molar-refractivity contribution < 1.29 is 0 Å². The summed E-state index contributed by atoms with van der Waals surface area (Å²) in [5, 5.41) is 7.33. The molecule has 0 saturated heterocycles. The van der Waals surface area contributed by atoms with Crippen molar-refractivity contribution in [2.45, 2.75) is 6.54 Å². The summed E-state index contributed by atoms with van der Waals surface area (Å²) in [6, 6.07) is 6.22. The van der Waals surface area contributed by atoms with Crippen molar-refractivity contribution in [1.82, 2.24) is 4.98 Å². The van der Waals surface area contributed by atoms with Gasteiger partial charge in [-0.3, -0.25) is 0 Å². The molecule has 0 aliphatic carbocycles. The quantitative estimate of drug-likeness (QED) is 0.880. The molecule has 0 unspecified atom stereocenters. The molecule has 0 aromatic carbocycles. The fraction of sp³-hybridized carbons (Fsp3) is 0.250. The highest BCUT2D eigenvalue weighted by Crippen LogP contribution is 2.18. The Kier molecular flexibility index (Phi) is 3.41. The maximum atomic E-state index is 4.20. The van der Waals surface area contributed by atoms with Crippen LogP contribution in [0.2, 0.25) is 0 Å². The number of aromatic nitrogens is 1. The van der Waals surface area contributed by atoms with Crippen LogP contribution in [-0.2, 0) is 6.54 Å². The van der Waals surface area contributed by atoms with E-state index in [9.17, 15) is 0 Å². The van der Waals surface area contributed by atoms with Gasteiger partial charge in [-0.25, -0.2) is 4.98 Å².